The van der Waals surface area contributed by atoms with Crippen molar-refractivity contribution < 1.29 is 13.3 Å². The maximum absolute atomic E-state index is 12.7. The highest BCUT2D eigenvalue weighted by atomic mass is 35.5. The Labute approximate surface area is 144 Å². The minimum Gasteiger partial charge on any atom is -0.330 e. The van der Waals surface area contributed by atoms with Crippen molar-refractivity contribution in [3.63, 3.8) is 0 Å². The van der Waals surface area contributed by atoms with Crippen LogP contribution in [0.4, 0.5) is 0 Å². The van der Waals surface area contributed by atoms with Crippen molar-refractivity contribution in [2.24, 2.45) is 5.92 Å². The van der Waals surface area contributed by atoms with Crippen molar-refractivity contribution in [1.82, 2.24) is 4.31 Å². The molecule has 1 N–H and O–H groups in total. The second-order valence-corrected chi connectivity index (χ2v) is 9.36. The first-order valence-corrected chi connectivity index (χ1v) is 10.4. The molecule has 3 rings (SSSR count). The van der Waals surface area contributed by atoms with Crippen LogP contribution in [0.15, 0.2) is 29.2 Å². The number of nitrogens with one attached hydrogen (secondary N) is 1. The molecule has 2 atom stereocenters. The molecule has 0 radical (unpaired) electrons. The van der Waals surface area contributed by atoms with Crippen LogP contribution in [0.25, 0.3) is 0 Å². The summed E-state index contributed by atoms with van der Waals surface area (Å²) in [4.78, 5) is 1.94. The van der Waals surface area contributed by atoms with E-state index in [4.69, 9.17) is 11.6 Å². The lowest BCUT2D eigenvalue weighted by Crippen LogP contribution is -3.18. The molecule has 23 heavy (non-hydrogen) atoms. The summed E-state index contributed by atoms with van der Waals surface area (Å²) in [6, 6.07) is 7.19. The fraction of sp³-hybridized carbons (Fsp3) is 0.647. The number of piperazine rings is 1. The average molecular weight is 358 g/mol. The number of hydrogen-bond acceptors (Lipinski definition) is 2. The molecular formula is C17H26ClN2O2S+. The third-order valence-corrected chi connectivity index (χ3v) is 7.49. The Balaban J connectivity index is 1.63. The molecule has 2 fully saturated rings. The Morgan fingerprint density at radius 1 is 1.13 bits per heavy atom. The molecule has 1 saturated heterocycles. The van der Waals surface area contributed by atoms with Gasteiger partial charge in [0, 0.05) is 11.4 Å². The zero-order valence-corrected chi connectivity index (χ0v) is 15.2. The monoisotopic (exact) mass is 357 g/mol. The predicted molar refractivity (Wildman–Crippen MR) is 92.3 cm³/mol. The van der Waals surface area contributed by atoms with Crippen molar-refractivity contribution in [1.29, 1.82) is 0 Å². The van der Waals surface area contributed by atoms with Gasteiger partial charge in [-0.25, -0.2) is 8.42 Å². The molecule has 0 aromatic heterocycles. The lowest BCUT2D eigenvalue weighted by molar-refractivity contribution is -0.930. The summed E-state index contributed by atoms with van der Waals surface area (Å²) in [7, 11) is -3.38. The Hall–Kier alpha value is -0.620. The summed E-state index contributed by atoms with van der Waals surface area (Å²) < 4.78 is 27.0. The molecule has 1 aliphatic heterocycles. The van der Waals surface area contributed by atoms with Crippen LogP contribution in [0, 0.1) is 5.92 Å². The van der Waals surface area contributed by atoms with Crippen LogP contribution in [0.2, 0.25) is 5.02 Å². The third kappa shape index (κ3) is 3.90. The molecule has 1 aliphatic carbocycles. The van der Waals surface area contributed by atoms with Crippen LogP contribution in [0.5, 0.6) is 0 Å². The van der Waals surface area contributed by atoms with Crippen LogP contribution in [0.1, 0.15) is 32.6 Å². The first-order valence-electron chi connectivity index (χ1n) is 8.57. The van der Waals surface area contributed by atoms with Crippen molar-refractivity contribution >= 4 is 21.6 Å². The molecule has 0 bridgehead atoms. The van der Waals surface area contributed by atoms with Crippen molar-refractivity contribution in [3.8, 4) is 0 Å². The highest BCUT2D eigenvalue weighted by molar-refractivity contribution is 7.89. The van der Waals surface area contributed by atoms with Gasteiger partial charge in [0.1, 0.15) is 0 Å². The topological polar surface area (TPSA) is 41.8 Å². The maximum Gasteiger partial charge on any atom is 0.243 e. The Bertz CT molecular complexity index is 624. The Kier molecular flexibility index (Phi) is 5.31. The van der Waals surface area contributed by atoms with E-state index in [0.29, 0.717) is 23.0 Å². The summed E-state index contributed by atoms with van der Waals surface area (Å²) in [5.74, 6) is 0.817. The summed E-state index contributed by atoms with van der Waals surface area (Å²) in [5.41, 5.74) is 0. The molecule has 128 valence electrons. The van der Waals surface area contributed by atoms with Crippen molar-refractivity contribution in [3.05, 3.63) is 29.3 Å². The predicted octanol–water partition coefficient (Wildman–Crippen LogP) is 1.81. The van der Waals surface area contributed by atoms with E-state index in [1.54, 1.807) is 33.5 Å². The number of sulfonamides is 1. The van der Waals surface area contributed by atoms with Gasteiger partial charge in [-0.2, -0.15) is 4.31 Å². The van der Waals surface area contributed by atoms with Crippen LogP contribution >= 0.6 is 11.6 Å². The van der Waals surface area contributed by atoms with Crippen LogP contribution in [0.3, 0.4) is 0 Å². The summed E-state index contributed by atoms with van der Waals surface area (Å²) in [5, 5.41) is 0.560. The number of benzene rings is 1. The van der Waals surface area contributed by atoms with Crippen molar-refractivity contribution in [2.45, 2.75) is 43.5 Å². The fourth-order valence-corrected chi connectivity index (χ4v) is 5.55. The molecule has 0 unspecified atom stereocenters. The second kappa shape index (κ2) is 7.09. The number of halogens is 1. The summed E-state index contributed by atoms with van der Waals surface area (Å²) in [6.07, 6.45) is 5.26. The van der Waals surface area contributed by atoms with Gasteiger partial charge in [0.15, 0.2) is 0 Å². The number of nitrogens with zero attached hydrogens (tertiary/aromatic N) is 1. The Morgan fingerprint density at radius 2 is 1.78 bits per heavy atom. The van der Waals surface area contributed by atoms with Crippen LogP contribution in [-0.4, -0.2) is 44.9 Å². The normalized spacial score (nSPS) is 27.9. The molecule has 1 aromatic carbocycles. The third-order valence-electron chi connectivity index (χ3n) is 5.33. The molecular weight excluding hydrogens is 332 g/mol. The first kappa shape index (κ1) is 17.2. The zero-order valence-electron chi connectivity index (χ0n) is 13.7. The molecule has 6 heteroatoms. The van der Waals surface area contributed by atoms with E-state index in [2.05, 4.69) is 6.92 Å². The smallest absolute Gasteiger partial charge is 0.243 e. The highest BCUT2D eigenvalue weighted by Gasteiger charge is 2.34. The van der Waals surface area contributed by atoms with E-state index in [9.17, 15) is 8.42 Å². The largest absolute Gasteiger partial charge is 0.330 e. The molecule has 2 aliphatic rings. The van der Waals surface area contributed by atoms with Gasteiger partial charge in [-0.3, -0.25) is 0 Å². The standard InChI is InChI=1S/C17H25ClN2O2S/c1-14-3-2-4-16(13-14)19-9-11-20(12-10-19)23(21,22)17-7-5-15(18)6-8-17/h5-8,14,16H,2-4,9-13H2,1H3/p+1/t14-,16+/m1/s1. The first-order chi connectivity index (χ1) is 11.0. The number of rotatable bonds is 3. The van der Waals surface area contributed by atoms with Gasteiger partial charge in [0.2, 0.25) is 10.0 Å². The lowest BCUT2D eigenvalue weighted by Gasteiger charge is -2.38. The average Bonchev–Trinajstić information content (AvgIpc) is 2.55. The molecule has 0 spiro atoms. The minimum atomic E-state index is -3.38. The molecule has 1 saturated carbocycles. The summed E-state index contributed by atoms with van der Waals surface area (Å²) >= 11 is 5.85. The zero-order chi connectivity index (χ0) is 16.4. The van der Waals surface area contributed by atoms with Gasteiger partial charge >= 0.3 is 0 Å². The molecule has 1 aromatic rings. The van der Waals surface area contributed by atoms with Gasteiger partial charge in [0.05, 0.1) is 37.1 Å². The molecule has 1 heterocycles. The van der Waals surface area contributed by atoms with Gasteiger partial charge in [-0.1, -0.05) is 24.9 Å². The number of hydrogen-bond donors (Lipinski definition) is 1. The lowest BCUT2D eigenvalue weighted by atomic mass is 9.86. The number of quaternary nitrogens is 1. The molecule has 4 nitrogen and oxygen atoms in total. The molecule has 0 amide bonds. The van der Waals surface area contributed by atoms with E-state index in [1.807, 2.05) is 0 Å². The quantitative estimate of drug-likeness (QED) is 0.896. The fourth-order valence-electron chi connectivity index (χ4n) is 3.98. The minimum absolute atomic E-state index is 0.344. The SMILES string of the molecule is C[C@@H]1CCC[C@H]([NH+]2CCN(S(=O)(=O)c3ccc(Cl)cc3)CC2)C1. The van der Waals surface area contributed by atoms with E-state index in [0.717, 1.165) is 25.0 Å². The van der Waals surface area contributed by atoms with Gasteiger partial charge in [-0.15, -0.1) is 0 Å². The van der Waals surface area contributed by atoms with E-state index in [-0.39, 0.29) is 0 Å². The van der Waals surface area contributed by atoms with Gasteiger partial charge in [-0.05, 0) is 43.0 Å². The van der Waals surface area contributed by atoms with E-state index < -0.39 is 10.0 Å². The summed E-state index contributed by atoms with van der Waals surface area (Å²) in [6.45, 7) is 5.41. The van der Waals surface area contributed by atoms with E-state index >= 15 is 0 Å². The highest BCUT2D eigenvalue weighted by Crippen LogP contribution is 2.23. The Morgan fingerprint density at radius 3 is 2.39 bits per heavy atom. The van der Waals surface area contributed by atoms with Crippen LogP contribution in [-0.2, 0) is 10.0 Å². The second-order valence-electron chi connectivity index (χ2n) is 6.98. The maximum atomic E-state index is 12.7. The van der Waals surface area contributed by atoms with Crippen molar-refractivity contribution in [2.75, 3.05) is 26.2 Å². The van der Waals surface area contributed by atoms with Gasteiger partial charge < -0.3 is 4.90 Å². The van der Waals surface area contributed by atoms with Crippen LogP contribution < -0.4 is 4.90 Å². The van der Waals surface area contributed by atoms with E-state index in [1.165, 1.54) is 25.7 Å². The van der Waals surface area contributed by atoms with Gasteiger partial charge in [0.25, 0.3) is 0 Å².